The van der Waals surface area contributed by atoms with Gasteiger partial charge in [-0.2, -0.15) is 0 Å². The summed E-state index contributed by atoms with van der Waals surface area (Å²) in [6, 6.07) is 0. The van der Waals surface area contributed by atoms with Crippen molar-refractivity contribution in [2.24, 2.45) is 5.73 Å². The fourth-order valence-corrected chi connectivity index (χ4v) is 1.70. The van der Waals surface area contributed by atoms with Gasteiger partial charge in [-0.3, -0.25) is 4.79 Å². The number of nitrogens with two attached hydrogens (primary N) is 1. The quantitative estimate of drug-likeness (QED) is 0.742. The minimum Gasteiger partial charge on any atom is -0.378 e. The summed E-state index contributed by atoms with van der Waals surface area (Å²) in [5.74, 6) is -0.606. The largest absolute Gasteiger partial charge is 0.378 e. The first-order valence-electron chi connectivity index (χ1n) is 4.83. The third-order valence-electron chi connectivity index (χ3n) is 2.33. The number of aromatic nitrogens is 2. The number of nitrogens with zero attached hydrogens (tertiary/aromatic N) is 3. The molecule has 1 saturated heterocycles. The molecule has 0 atom stereocenters. The summed E-state index contributed by atoms with van der Waals surface area (Å²) < 4.78 is 5.22. The number of ether oxygens (including phenoxy) is 1. The van der Waals surface area contributed by atoms with Crippen LogP contribution in [0.5, 0.6) is 0 Å². The summed E-state index contributed by atoms with van der Waals surface area (Å²) in [5, 5.41) is 0.0193. The van der Waals surface area contributed by atoms with Crippen LogP contribution >= 0.6 is 11.6 Å². The molecule has 86 valence electrons. The third kappa shape index (κ3) is 2.23. The maximum absolute atomic E-state index is 11.2. The van der Waals surface area contributed by atoms with Crippen molar-refractivity contribution in [1.29, 1.82) is 0 Å². The predicted octanol–water partition coefficient (Wildman–Crippen LogP) is 0.0655. The minimum absolute atomic E-state index is 0.0193. The topological polar surface area (TPSA) is 81.3 Å². The van der Waals surface area contributed by atoms with E-state index in [9.17, 15) is 4.79 Å². The highest BCUT2D eigenvalue weighted by Gasteiger charge is 2.19. The summed E-state index contributed by atoms with van der Waals surface area (Å²) in [6.45, 7) is 2.60. The van der Waals surface area contributed by atoms with Crippen LogP contribution in [0.1, 0.15) is 10.5 Å². The molecule has 0 radical (unpaired) electrons. The Balaban J connectivity index is 2.34. The van der Waals surface area contributed by atoms with Gasteiger partial charge >= 0.3 is 0 Å². The predicted molar refractivity (Wildman–Crippen MR) is 58.6 cm³/mol. The zero-order valence-electron chi connectivity index (χ0n) is 8.52. The van der Waals surface area contributed by atoms with Crippen LogP contribution < -0.4 is 10.6 Å². The van der Waals surface area contributed by atoms with Crippen molar-refractivity contribution >= 4 is 23.2 Å². The molecule has 0 aromatic carbocycles. The van der Waals surface area contributed by atoms with Crippen LogP contribution in [-0.2, 0) is 4.74 Å². The second-order valence-electron chi connectivity index (χ2n) is 3.34. The van der Waals surface area contributed by atoms with E-state index in [1.807, 2.05) is 4.90 Å². The number of halogens is 1. The second kappa shape index (κ2) is 4.63. The molecular weight excluding hydrogens is 232 g/mol. The summed E-state index contributed by atoms with van der Waals surface area (Å²) in [7, 11) is 0. The van der Waals surface area contributed by atoms with E-state index < -0.39 is 5.91 Å². The van der Waals surface area contributed by atoms with Crippen molar-refractivity contribution < 1.29 is 9.53 Å². The molecule has 0 unspecified atom stereocenters. The summed E-state index contributed by atoms with van der Waals surface area (Å²) in [4.78, 5) is 20.9. The molecule has 2 rings (SSSR count). The van der Waals surface area contributed by atoms with Gasteiger partial charge in [0.15, 0.2) is 5.69 Å². The molecule has 0 aliphatic carbocycles. The number of hydrogen-bond donors (Lipinski definition) is 1. The molecule has 0 bridgehead atoms. The molecule has 2 N–H and O–H groups in total. The Labute approximate surface area is 97.4 Å². The van der Waals surface area contributed by atoms with Crippen molar-refractivity contribution in [2.45, 2.75) is 0 Å². The van der Waals surface area contributed by atoms with Gasteiger partial charge in [-0.15, -0.1) is 0 Å². The van der Waals surface area contributed by atoms with Gasteiger partial charge < -0.3 is 15.4 Å². The van der Waals surface area contributed by atoms with E-state index >= 15 is 0 Å². The zero-order valence-corrected chi connectivity index (χ0v) is 9.28. The van der Waals surface area contributed by atoms with Crippen LogP contribution in [0, 0.1) is 0 Å². The van der Waals surface area contributed by atoms with Gasteiger partial charge in [-0.05, 0) is 11.6 Å². The van der Waals surface area contributed by atoms with Crippen molar-refractivity contribution in [3.63, 3.8) is 0 Å². The summed E-state index contributed by atoms with van der Waals surface area (Å²) in [5.41, 5.74) is 6.01. The number of primary amides is 1. The van der Waals surface area contributed by atoms with E-state index in [0.717, 1.165) is 0 Å². The first-order valence-corrected chi connectivity index (χ1v) is 5.21. The van der Waals surface area contributed by atoms with Crippen molar-refractivity contribution in [3.05, 3.63) is 17.2 Å². The van der Waals surface area contributed by atoms with Crippen LogP contribution in [0.4, 0.5) is 5.69 Å². The van der Waals surface area contributed by atoms with Gasteiger partial charge in [0.2, 0.25) is 5.28 Å². The van der Waals surface area contributed by atoms with Gasteiger partial charge in [0.1, 0.15) is 0 Å². The third-order valence-corrected chi connectivity index (χ3v) is 2.51. The smallest absolute Gasteiger partial charge is 0.269 e. The first-order chi connectivity index (χ1) is 7.68. The van der Waals surface area contributed by atoms with Crippen LogP contribution in [0.2, 0.25) is 5.28 Å². The van der Waals surface area contributed by atoms with Crippen LogP contribution in [0.25, 0.3) is 0 Å². The first kappa shape index (κ1) is 11.1. The monoisotopic (exact) mass is 242 g/mol. The number of anilines is 1. The fourth-order valence-electron chi connectivity index (χ4n) is 1.57. The molecule has 0 saturated carbocycles. The SMILES string of the molecule is NC(=O)c1nc(Cl)ncc1N1CCOCC1. The number of carbonyl (C=O) groups excluding carboxylic acids is 1. The van der Waals surface area contributed by atoms with Crippen molar-refractivity contribution in [3.8, 4) is 0 Å². The molecule has 7 heteroatoms. The molecule has 1 fully saturated rings. The van der Waals surface area contributed by atoms with E-state index in [4.69, 9.17) is 22.1 Å². The molecule has 1 aliphatic rings. The molecular formula is C9H11ClN4O2. The van der Waals surface area contributed by atoms with Gasteiger partial charge in [0, 0.05) is 13.1 Å². The fraction of sp³-hybridized carbons (Fsp3) is 0.444. The molecule has 0 spiro atoms. The Morgan fingerprint density at radius 2 is 2.19 bits per heavy atom. The molecule has 1 aliphatic heterocycles. The Morgan fingerprint density at radius 1 is 1.50 bits per heavy atom. The van der Waals surface area contributed by atoms with Crippen LogP contribution in [-0.4, -0.2) is 42.2 Å². The maximum atomic E-state index is 11.2. The normalized spacial score (nSPS) is 16.2. The Morgan fingerprint density at radius 3 is 2.81 bits per heavy atom. The summed E-state index contributed by atoms with van der Waals surface area (Å²) >= 11 is 5.63. The molecule has 1 amide bonds. The lowest BCUT2D eigenvalue weighted by molar-refractivity contribution is 0.0993. The molecule has 1 aromatic heterocycles. The van der Waals surface area contributed by atoms with E-state index in [-0.39, 0.29) is 11.0 Å². The van der Waals surface area contributed by atoms with Gasteiger partial charge in [0.25, 0.3) is 5.91 Å². The summed E-state index contributed by atoms with van der Waals surface area (Å²) in [6.07, 6.45) is 1.51. The van der Waals surface area contributed by atoms with Crippen molar-refractivity contribution in [1.82, 2.24) is 9.97 Å². The number of rotatable bonds is 2. The van der Waals surface area contributed by atoms with E-state index in [1.165, 1.54) is 6.20 Å². The van der Waals surface area contributed by atoms with Gasteiger partial charge in [-0.25, -0.2) is 9.97 Å². The minimum atomic E-state index is -0.606. The van der Waals surface area contributed by atoms with E-state index in [0.29, 0.717) is 32.0 Å². The average Bonchev–Trinajstić information content (AvgIpc) is 2.30. The lowest BCUT2D eigenvalue weighted by Crippen LogP contribution is -2.37. The molecule has 2 heterocycles. The number of morpholine rings is 1. The van der Waals surface area contributed by atoms with Gasteiger partial charge in [0.05, 0.1) is 25.1 Å². The second-order valence-corrected chi connectivity index (χ2v) is 3.67. The van der Waals surface area contributed by atoms with Gasteiger partial charge in [-0.1, -0.05) is 0 Å². The highest BCUT2D eigenvalue weighted by molar-refractivity contribution is 6.28. The lowest BCUT2D eigenvalue weighted by Gasteiger charge is -2.29. The molecule has 1 aromatic rings. The average molecular weight is 243 g/mol. The lowest BCUT2D eigenvalue weighted by atomic mass is 10.2. The molecule has 6 nitrogen and oxygen atoms in total. The van der Waals surface area contributed by atoms with E-state index in [1.54, 1.807) is 0 Å². The maximum Gasteiger partial charge on any atom is 0.269 e. The Hall–Kier alpha value is -1.40. The van der Waals surface area contributed by atoms with Crippen molar-refractivity contribution in [2.75, 3.05) is 31.2 Å². The highest BCUT2D eigenvalue weighted by Crippen LogP contribution is 2.19. The van der Waals surface area contributed by atoms with Crippen LogP contribution in [0.15, 0.2) is 6.20 Å². The number of carbonyl (C=O) groups is 1. The van der Waals surface area contributed by atoms with E-state index in [2.05, 4.69) is 9.97 Å². The Bertz CT molecular complexity index is 406. The van der Waals surface area contributed by atoms with Crippen LogP contribution in [0.3, 0.4) is 0 Å². The molecule has 16 heavy (non-hydrogen) atoms. The number of hydrogen-bond acceptors (Lipinski definition) is 5. The number of amides is 1. The Kier molecular flexibility index (Phi) is 3.21. The zero-order chi connectivity index (χ0) is 11.5. The standard InChI is InChI=1S/C9H11ClN4O2/c10-9-12-5-6(7(13-9)8(11)15)14-1-3-16-4-2-14/h5H,1-4H2,(H2,11,15). The highest BCUT2D eigenvalue weighted by atomic mass is 35.5.